The van der Waals surface area contributed by atoms with Crippen molar-refractivity contribution >= 4 is 8.80 Å². The summed E-state index contributed by atoms with van der Waals surface area (Å²) in [6, 6.07) is 0. The highest BCUT2D eigenvalue weighted by atomic mass is 28.4. The second-order valence-electron chi connectivity index (χ2n) is 3.77. The van der Waals surface area contributed by atoms with E-state index in [1.807, 2.05) is 0 Å². The standard InChI is InChI=1S/C10H23N3O3Si/c1-6-8-9(11,12)10(13,7-2)17(14-3,15-4)16-5/h6-7H,1-2,8,11-13H2,3-5H3. The van der Waals surface area contributed by atoms with Gasteiger partial charge in [-0.15, -0.1) is 13.2 Å². The van der Waals surface area contributed by atoms with Crippen LogP contribution in [0.15, 0.2) is 25.3 Å². The minimum Gasteiger partial charge on any atom is -0.376 e. The molecule has 0 aromatic rings. The molecule has 0 radical (unpaired) electrons. The summed E-state index contributed by atoms with van der Waals surface area (Å²) in [6.07, 6.45) is 3.25. The van der Waals surface area contributed by atoms with Crippen LogP contribution in [0, 0.1) is 0 Å². The molecule has 0 rings (SSSR count). The van der Waals surface area contributed by atoms with E-state index in [1.165, 1.54) is 27.4 Å². The molecule has 0 spiro atoms. The summed E-state index contributed by atoms with van der Waals surface area (Å²) < 4.78 is 16.0. The van der Waals surface area contributed by atoms with Crippen LogP contribution >= 0.6 is 0 Å². The second kappa shape index (κ2) is 5.87. The van der Waals surface area contributed by atoms with Gasteiger partial charge < -0.3 is 30.5 Å². The van der Waals surface area contributed by atoms with Crippen LogP contribution in [0.1, 0.15) is 6.42 Å². The van der Waals surface area contributed by atoms with Crippen molar-refractivity contribution in [3.63, 3.8) is 0 Å². The van der Waals surface area contributed by atoms with Crippen molar-refractivity contribution in [2.24, 2.45) is 17.2 Å². The lowest BCUT2D eigenvalue weighted by Crippen LogP contribution is -2.83. The van der Waals surface area contributed by atoms with E-state index in [9.17, 15) is 0 Å². The van der Waals surface area contributed by atoms with E-state index in [-0.39, 0.29) is 6.42 Å². The van der Waals surface area contributed by atoms with Crippen LogP contribution in [0.5, 0.6) is 0 Å². The molecule has 6 nitrogen and oxygen atoms in total. The molecule has 17 heavy (non-hydrogen) atoms. The molecule has 1 atom stereocenters. The molecule has 0 amide bonds. The Morgan fingerprint density at radius 2 is 1.47 bits per heavy atom. The van der Waals surface area contributed by atoms with Crippen LogP contribution in [0.25, 0.3) is 0 Å². The molecule has 0 fully saturated rings. The summed E-state index contributed by atoms with van der Waals surface area (Å²) in [5.41, 5.74) is 17.0. The highest BCUT2D eigenvalue weighted by Crippen LogP contribution is 2.30. The van der Waals surface area contributed by atoms with E-state index < -0.39 is 19.6 Å². The first-order valence-corrected chi connectivity index (χ1v) is 6.79. The van der Waals surface area contributed by atoms with Gasteiger partial charge in [0.2, 0.25) is 0 Å². The quantitative estimate of drug-likeness (QED) is 0.308. The molecule has 0 aliphatic heterocycles. The van der Waals surface area contributed by atoms with E-state index in [2.05, 4.69) is 13.2 Å². The highest BCUT2D eigenvalue weighted by Gasteiger charge is 2.64. The van der Waals surface area contributed by atoms with E-state index >= 15 is 0 Å². The Morgan fingerprint density at radius 3 is 1.71 bits per heavy atom. The second-order valence-corrected chi connectivity index (χ2v) is 6.94. The maximum atomic E-state index is 6.24. The fourth-order valence-corrected chi connectivity index (χ4v) is 4.20. The monoisotopic (exact) mass is 261 g/mol. The molecule has 1 unspecified atom stereocenters. The Bertz CT molecular complexity index is 274. The van der Waals surface area contributed by atoms with Crippen LogP contribution in [-0.4, -0.2) is 41.0 Å². The van der Waals surface area contributed by atoms with E-state index in [0.29, 0.717) is 0 Å². The Kier molecular flexibility index (Phi) is 5.68. The van der Waals surface area contributed by atoms with Gasteiger partial charge in [0.15, 0.2) is 0 Å². The lowest BCUT2D eigenvalue weighted by atomic mass is 9.98. The smallest absolute Gasteiger partial charge is 0.376 e. The number of hydrogen-bond acceptors (Lipinski definition) is 6. The Labute approximate surface area is 104 Å². The van der Waals surface area contributed by atoms with Crippen molar-refractivity contribution < 1.29 is 13.3 Å². The van der Waals surface area contributed by atoms with E-state index in [4.69, 9.17) is 30.5 Å². The van der Waals surface area contributed by atoms with Gasteiger partial charge in [-0.05, 0) is 6.42 Å². The fourth-order valence-electron chi connectivity index (χ4n) is 1.76. The maximum Gasteiger partial charge on any atom is 0.528 e. The summed E-state index contributed by atoms with van der Waals surface area (Å²) >= 11 is 0. The molecule has 7 heteroatoms. The van der Waals surface area contributed by atoms with Gasteiger partial charge in [-0.1, -0.05) is 12.2 Å². The molecule has 0 saturated carbocycles. The zero-order chi connectivity index (χ0) is 13.7. The van der Waals surface area contributed by atoms with Crippen LogP contribution in [0.3, 0.4) is 0 Å². The zero-order valence-electron chi connectivity index (χ0n) is 10.7. The molecular weight excluding hydrogens is 238 g/mol. The summed E-state index contributed by atoms with van der Waals surface area (Å²) in [5.74, 6) is 0. The van der Waals surface area contributed by atoms with Gasteiger partial charge in [0.05, 0.1) is 5.66 Å². The third-order valence-electron chi connectivity index (χ3n) is 2.89. The Morgan fingerprint density at radius 1 is 1.06 bits per heavy atom. The number of rotatable bonds is 8. The Balaban J connectivity index is 5.67. The number of nitrogens with two attached hydrogens (primary N) is 3. The SMILES string of the molecule is C=CCC(N)(N)C(N)(C=C)[Si](OC)(OC)OC. The maximum absolute atomic E-state index is 6.24. The van der Waals surface area contributed by atoms with Crippen LogP contribution in [0.4, 0.5) is 0 Å². The van der Waals surface area contributed by atoms with Gasteiger partial charge in [0.25, 0.3) is 0 Å². The molecule has 0 bridgehead atoms. The van der Waals surface area contributed by atoms with Crippen molar-refractivity contribution in [3.05, 3.63) is 25.3 Å². The molecule has 0 heterocycles. The summed E-state index contributed by atoms with van der Waals surface area (Å²) in [5, 5.41) is -1.33. The van der Waals surface area contributed by atoms with Gasteiger partial charge in [-0.25, -0.2) is 0 Å². The van der Waals surface area contributed by atoms with Crippen molar-refractivity contribution in [1.29, 1.82) is 0 Å². The number of hydrogen-bond donors (Lipinski definition) is 3. The third kappa shape index (κ3) is 2.50. The molecule has 0 aromatic heterocycles. The first-order chi connectivity index (χ1) is 7.80. The van der Waals surface area contributed by atoms with Crippen molar-refractivity contribution in [2.45, 2.75) is 17.2 Å². The van der Waals surface area contributed by atoms with Gasteiger partial charge in [-0.3, -0.25) is 0 Å². The molecule has 0 aliphatic carbocycles. The molecule has 6 N–H and O–H groups in total. The largest absolute Gasteiger partial charge is 0.528 e. The summed E-state index contributed by atoms with van der Waals surface area (Å²) in [4.78, 5) is 0. The first kappa shape index (κ1) is 16.5. The van der Waals surface area contributed by atoms with Gasteiger partial charge in [0, 0.05) is 21.3 Å². The Hall–Kier alpha value is -0.543. The van der Waals surface area contributed by atoms with Gasteiger partial charge >= 0.3 is 8.80 Å². The molecular formula is C10H23N3O3Si. The highest BCUT2D eigenvalue weighted by molar-refractivity contribution is 6.65. The first-order valence-electron chi connectivity index (χ1n) is 5.07. The molecule has 0 aromatic carbocycles. The average molecular weight is 261 g/mol. The minimum absolute atomic E-state index is 0.264. The van der Waals surface area contributed by atoms with Gasteiger partial charge in [0.1, 0.15) is 5.16 Å². The van der Waals surface area contributed by atoms with E-state index in [1.54, 1.807) is 6.08 Å². The molecule has 0 aliphatic rings. The van der Waals surface area contributed by atoms with Crippen LogP contribution < -0.4 is 17.2 Å². The minimum atomic E-state index is -3.28. The van der Waals surface area contributed by atoms with Crippen LogP contribution in [0.2, 0.25) is 0 Å². The fraction of sp³-hybridized carbons (Fsp3) is 0.600. The lowest BCUT2D eigenvalue weighted by molar-refractivity contribution is 0.0819. The molecule has 0 saturated heterocycles. The normalized spacial score (nSPS) is 16.4. The predicted molar refractivity (Wildman–Crippen MR) is 69.8 cm³/mol. The topological polar surface area (TPSA) is 106 Å². The predicted octanol–water partition coefficient (Wildman–Crippen LogP) is -0.523. The lowest BCUT2D eigenvalue weighted by Gasteiger charge is -2.47. The van der Waals surface area contributed by atoms with Crippen molar-refractivity contribution in [2.75, 3.05) is 21.3 Å². The third-order valence-corrected chi connectivity index (χ3v) is 6.18. The van der Waals surface area contributed by atoms with Gasteiger partial charge in [-0.2, -0.15) is 0 Å². The summed E-state index contributed by atoms with van der Waals surface area (Å²) in [7, 11) is 1.03. The average Bonchev–Trinajstić information content (AvgIpc) is 2.31. The van der Waals surface area contributed by atoms with E-state index in [0.717, 1.165) is 0 Å². The summed E-state index contributed by atoms with van der Waals surface area (Å²) in [6.45, 7) is 7.26. The van der Waals surface area contributed by atoms with Crippen molar-refractivity contribution in [3.8, 4) is 0 Å². The zero-order valence-corrected chi connectivity index (χ0v) is 11.7. The van der Waals surface area contributed by atoms with Crippen molar-refractivity contribution in [1.82, 2.24) is 0 Å². The molecule has 100 valence electrons. The van der Waals surface area contributed by atoms with Crippen LogP contribution in [-0.2, 0) is 13.3 Å².